The zero-order valence-corrected chi connectivity index (χ0v) is 13.6. The molecule has 0 aromatic heterocycles. The highest BCUT2D eigenvalue weighted by molar-refractivity contribution is 5.91. The third kappa shape index (κ3) is 3.01. The zero-order valence-electron chi connectivity index (χ0n) is 13.6. The maximum Gasteiger partial charge on any atom is 0.338 e. The predicted octanol–water partition coefficient (Wildman–Crippen LogP) is 3.66. The average molecular weight is 304 g/mol. The molecule has 0 amide bonds. The van der Waals surface area contributed by atoms with Crippen molar-refractivity contribution in [2.24, 2.45) is 5.41 Å². The molecule has 1 aromatic rings. The Kier molecular flexibility index (Phi) is 5.22. The fourth-order valence-corrected chi connectivity index (χ4v) is 3.48. The third-order valence-electron chi connectivity index (χ3n) is 4.61. The first-order valence-electron chi connectivity index (χ1n) is 7.90. The number of hydrogen-bond acceptors (Lipinski definition) is 4. The minimum absolute atomic E-state index is 0.255. The van der Waals surface area contributed by atoms with Gasteiger partial charge in [0.1, 0.15) is 11.5 Å². The molecule has 2 atom stereocenters. The molecule has 4 nitrogen and oxygen atoms in total. The number of carbonyl (C=O) groups excluding carboxylic acids is 2. The van der Waals surface area contributed by atoms with Crippen molar-refractivity contribution in [2.45, 2.75) is 52.1 Å². The maximum absolute atomic E-state index is 12.5. The van der Waals surface area contributed by atoms with Crippen molar-refractivity contribution in [3.8, 4) is 0 Å². The Labute approximate surface area is 131 Å². The minimum Gasteiger partial charge on any atom is -0.468 e. The van der Waals surface area contributed by atoms with Crippen molar-refractivity contribution < 1.29 is 19.1 Å². The molecule has 0 spiro atoms. The maximum atomic E-state index is 12.5. The molecule has 2 rings (SSSR count). The van der Waals surface area contributed by atoms with E-state index < -0.39 is 11.5 Å². The molecule has 0 aliphatic heterocycles. The van der Waals surface area contributed by atoms with E-state index in [2.05, 4.69) is 0 Å². The van der Waals surface area contributed by atoms with Crippen LogP contribution in [0, 0.1) is 12.3 Å². The Bertz CT molecular complexity index is 552. The first kappa shape index (κ1) is 16.5. The van der Waals surface area contributed by atoms with Crippen LogP contribution in [0.2, 0.25) is 0 Å². The average Bonchev–Trinajstić information content (AvgIpc) is 2.91. The summed E-state index contributed by atoms with van der Waals surface area (Å²) in [4.78, 5) is 24.8. The molecule has 1 aliphatic rings. The summed E-state index contributed by atoms with van der Waals surface area (Å²) < 4.78 is 10.7. The summed E-state index contributed by atoms with van der Waals surface area (Å²) in [6.45, 7) is 3.91. The Morgan fingerprint density at radius 3 is 2.68 bits per heavy atom. The molecule has 1 aliphatic carbocycles. The molecule has 2 unspecified atom stereocenters. The van der Waals surface area contributed by atoms with Crippen LogP contribution in [0.4, 0.5) is 0 Å². The SMILES string of the molecule is CCCC1(C(=O)OC)CCCC1OC(=O)c1ccccc1C. The first-order valence-corrected chi connectivity index (χ1v) is 7.90. The molecule has 1 aromatic carbocycles. The lowest BCUT2D eigenvalue weighted by atomic mass is 9.79. The van der Waals surface area contributed by atoms with E-state index in [0.29, 0.717) is 18.4 Å². The fraction of sp³-hybridized carbons (Fsp3) is 0.556. The van der Waals surface area contributed by atoms with Gasteiger partial charge in [-0.05, 0) is 44.2 Å². The van der Waals surface area contributed by atoms with E-state index in [0.717, 1.165) is 24.8 Å². The number of benzene rings is 1. The monoisotopic (exact) mass is 304 g/mol. The summed E-state index contributed by atoms with van der Waals surface area (Å²) in [6, 6.07) is 7.34. The van der Waals surface area contributed by atoms with Gasteiger partial charge in [0.25, 0.3) is 0 Å². The number of ether oxygens (including phenoxy) is 2. The molecule has 4 heteroatoms. The van der Waals surface area contributed by atoms with E-state index in [4.69, 9.17) is 9.47 Å². The number of aryl methyl sites for hydroxylation is 1. The summed E-state index contributed by atoms with van der Waals surface area (Å²) in [5.41, 5.74) is 0.760. The molecular formula is C18H24O4. The summed E-state index contributed by atoms with van der Waals surface area (Å²) in [7, 11) is 1.40. The van der Waals surface area contributed by atoms with Gasteiger partial charge in [-0.3, -0.25) is 4.79 Å². The van der Waals surface area contributed by atoms with E-state index in [-0.39, 0.29) is 11.9 Å². The number of esters is 2. The van der Waals surface area contributed by atoms with Gasteiger partial charge in [0.05, 0.1) is 12.7 Å². The molecule has 0 radical (unpaired) electrons. The van der Waals surface area contributed by atoms with Gasteiger partial charge < -0.3 is 9.47 Å². The molecular weight excluding hydrogens is 280 g/mol. The molecule has 0 bridgehead atoms. The lowest BCUT2D eigenvalue weighted by molar-refractivity contribution is -0.159. The minimum atomic E-state index is -0.679. The van der Waals surface area contributed by atoms with Gasteiger partial charge in [-0.25, -0.2) is 4.79 Å². The lowest BCUT2D eigenvalue weighted by Crippen LogP contribution is -2.41. The van der Waals surface area contributed by atoms with Crippen LogP contribution in [0.25, 0.3) is 0 Å². The fourth-order valence-electron chi connectivity index (χ4n) is 3.48. The molecule has 22 heavy (non-hydrogen) atoms. The van der Waals surface area contributed by atoms with Crippen LogP contribution in [-0.2, 0) is 14.3 Å². The van der Waals surface area contributed by atoms with Gasteiger partial charge >= 0.3 is 11.9 Å². The third-order valence-corrected chi connectivity index (χ3v) is 4.61. The smallest absolute Gasteiger partial charge is 0.338 e. The van der Waals surface area contributed by atoms with Gasteiger partial charge in [-0.15, -0.1) is 0 Å². The van der Waals surface area contributed by atoms with Crippen LogP contribution in [-0.4, -0.2) is 25.2 Å². The summed E-state index contributed by atoms with van der Waals surface area (Å²) in [5.74, 6) is -0.608. The number of hydrogen-bond donors (Lipinski definition) is 0. The molecule has 120 valence electrons. The van der Waals surface area contributed by atoms with Crippen LogP contribution in [0.5, 0.6) is 0 Å². The van der Waals surface area contributed by atoms with Crippen molar-refractivity contribution in [1.29, 1.82) is 0 Å². The van der Waals surface area contributed by atoms with Crippen molar-refractivity contribution in [1.82, 2.24) is 0 Å². The number of rotatable bonds is 5. The number of carbonyl (C=O) groups is 2. The highest BCUT2D eigenvalue weighted by Gasteiger charge is 2.51. The molecule has 0 heterocycles. The Hall–Kier alpha value is -1.84. The normalized spacial score (nSPS) is 24.0. The van der Waals surface area contributed by atoms with E-state index in [1.54, 1.807) is 6.07 Å². The zero-order chi connectivity index (χ0) is 16.2. The second-order valence-electron chi connectivity index (χ2n) is 6.00. The Morgan fingerprint density at radius 2 is 2.05 bits per heavy atom. The molecule has 1 saturated carbocycles. The summed E-state index contributed by atoms with van der Waals surface area (Å²) in [6.07, 6.45) is 3.46. The first-order chi connectivity index (χ1) is 10.5. The van der Waals surface area contributed by atoms with Gasteiger partial charge in [0, 0.05) is 0 Å². The van der Waals surface area contributed by atoms with Gasteiger partial charge in [-0.2, -0.15) is 0 Å². The Balaban J connectivity index is 2.21. The topological polar surface area (TPSA) is 52.6 Å². The van der Waals surface area contributed by atoms with Crippen molar-refractivity contribution >= 4 is 11.9 Å². The summed E-state index contributed by atoms with van der Waals surface area (Å²) in [5, 5.41) is 0. The van der Waals surface area contributed by atoms with E-state index in [9.17, 15) is 9.59 Å². The number of methoxy groups -OCH3 is 1. The van der Waals surface area contributed by atoms with Crippen molar-refractivity contribution in [3.05, 3.63) is 35.4 Å². The van der Waals surface area contributed by atoms with Gasteiger partial charge in [-0.1, -0.05) is 31.5 Å². The molecule has 0 N–H and O–H groups in total. The standard InChI is InChI=1S/C18H24O4/c1-4-11-18(17(20)21-3)12-7-10-15(18)22-16(19)14-9-6-5-8-13(14)2/h5-6,8-9,15H,4,7,10-12H2,1-3H3. The lowest BCUT2D eigenvalue weighted by Gasteiger charge is -2.32. The highest BCUT2D eigenvalue weighted by Crippen LogP contribution is 2.45. The molecule has 1 fully saturated rings. The van der Waals surface area contributed by atoms with Crippen LogP contribution in [0.1, 0.15) is 54.9 Å². The van der Waals surface area contributed by atoms with E-state index in [1.807, 2.05) is 32.0 Å². The largest absolute Gasteiger partial charge is 0.468 e. The van der Waals surface area contributed by atoms with E-state index in [1.165, 1.54) is 7.11 Å². The Morgan fingerprint density at radius 1 is 1.32 bits per heavy atom. The quantitative estimate of drug-likeness (QED) is 0.779. The second-order valence-corrected chi connectivity index (χ2v) is 6.00. The predicted molar refractivity (Wildman–Crippen MR) is 83.6 cm³/mol. The highest BCUT2D eigenvalue weighted by atomic mass is 16.6. The van der Waals surface area contributed by atoms with E-state index >= 15 is 0 Å². The van der Waals surface area contributed by atoms with Crippen molar-refractivity contribution in [2.75, 3.05) is 7.11 Å². The van der Waals surface area contributed by atoms with Crippen LogP contribution in [0.15, 0.2) is 24.3 Å². The summed E-state index contributed by atoms with van der Waals surface area (Å²) >= 11 is 0. The van der Waals surface area contributed by atoms with Gasteiger partial charge in [0.2, 0.25) is 0 Å². The second kappa shape index (κ2) is 6.95. The van der Waals surface area contributed by atoms with Crippen LogP contribution < -0.4 is 0 Å². The van der Waals surface area contributed by atoms with Crippen molar-refractivity contribution in [3.63, 3.8) is 0 Å². The molecule has 0 saturated heterocycles. The van der Waals surface area contributed by atoms with Gasteiger partial charge in [0.15, 0.2) is 0 Å². The van der Waals surface area contributed by atoms with Crippen LogP contribution >= 0.6 is 0 Å². The van der Waals surface area contributed by atoms with Crippen LogP contribution in [0.3, 0.4) is 0 Å².